The molecule has 0 radical (unpaired) electrons. The number of anilines is 1. The Morgan fingerprint density at radius 3 is 2.17 bits per heavy atom. The van der Waals surface area contributed by atoms with Gasteiger partial charge in [0.25, 0.3) is 0 Å². The maximum Gasteiger partial charge on any atom is 0.356 e. The Bertz CT molecular complexity index is 405. The third-order valence-corrected chi connectivity index (χ3v) is 3.61. The van der Waals surface area contributed by atoms with Crippen molar-refractivity contribution in [3.8, 4) is 0 Å². The summed E-state index contributed by atoms with van der Waals surface area (Å²) in [5.41, 5.74) is -0.125. The van der Waals surface area contributed by atoms with Crippen molar-refractivity contribution in [3.05, 3.63) is 10.6 Å². The van der Waals surface area contributed by atoms with Crippen molar-refractivity contribution in [1.82, 2.24) is 4.98 Å². The summed E-state index contributed by atoms with van der Waals surface area (Å²) in [6.45, 7) is 7.11. The molecule has 1 rings (SSSR count). The number of carboxylic acids is 1. The molecule has 0 atom stereocenters. The van der Waals surface area contributed by atoms with Crippen molar-refractivity contribution >= 4 is 28.2 Å². The number of hydrogen-bond donors (Lipinski definition) is 1. The molecule has 0 amide bonds. The first-order chi connectivity index (χ1) is 8.51. The summed E-state index contributed by atoms with van der Waals surface area (Å²) in [5, 5.41) is 9.67. The largest absolute Gasteiger partial charge is 0.476 e. The molecule has 1 heterocycles. The molecule has 0 spiro atoms. The fraction of sp³-hybridized carbons (Fsp3) is 0.583. The quantitative estimate of drug-likeness (QED) is 0.771. The zero-order valence-electron chi connectivity index (χ0n) is 10.9. The van der Waals surface area contributed by atoms with Gasteiger partial charge in [-0.25, -0.2) is 9.78 Å². The first kappa shape index (κ1) is 14.6. The number of thiazole rings is 1. The van der Waals surface area contributed by atoms with Crippen LogP contribution >= 0.6 is 11.3 Å². The second-order valence-corrected chi connectivity index (χ2v) is 5.00. The second kappa shape index (κ2) is 6.49. The van der Waals surface area contributed by atoms with Crippen LogP contribution in [0, 0.1) is 0 Å². The van der Waals surface area contributed by atoms with E-state index in [-0.39, 0.29) is 16.4 Å². The van der Waals surface area contributed by atoms with Crippen molar-refractivity contribution in [3.63, 3.8) is 0 Å². The number of carbonyl (C=O) groups excluding carboxylic acids is 1. The fourth-order valence-corrected chi connectivity index (χ4v) is 2.68. The van der Waals surface area contributed by atoms with Crippen molar-refractivity contribution in [2.24, 2.45) is 0 Å². The minimum Gasteiger partial charge on any atom is -0.476 e. The van der Waals surface area contributed by atoms with Crippen LogP contribution in [0.15, 0.2) is 0 Å². The number of carbonyl (C=O) groups is 2. The summed E-state index contributed by atoms with van der Waals surface area (Å²) in [6.07, 6.45) is 1.91. The van der Waals surface area contributed by atoms with Crippen LogP contribution in [-0.2, 0) is 0 Å². The van der Waals surface area contributed by atoms with Gasteiger partial charge in [-0.1, -0.05) is 25.2 Å². The van der Waals surface area contributed by atoms with Gasteiger partial charge >= 0.3 is 5.97 Å². The first-order valence-corrected chi connectivity index (χ1v) is 6.82. The third kappa shape index (κ3) is 3.29. The van der Waals surface area contributed by atoms with Gasteiger partial charge in [-0.3, -0.25) is 4.79 Å². The van der Waals surface area contributed by atoms with Crippen LogP contribution in [-0.4, -0.2) is 34.9 Å². The Balaban J connectivity index is 3.12. The minimum absolute atomic E-state index is 0.125. The molecule has 0 bridgehead atoms. The van der Waals surface area contributed by atoms with E-state index in [0.717, 1.165) is 25.9 Å². The van der Waals surface area contributed by atoms with Gasteiger partial charge in [0, 0.05) is 20.0 Å². The maximum absolute atomic E-state index is 11.4. The number of ketones is 1. The van der Waals surface area contributed by atoms with E-state index in [1.807, 2.05) is 4.90 Å². The number of nitrogens with zero attached hydrogens (tertiary/aromatic N) is 2. The lowest BCUT2D eigenvalue weighted by atomic mass is 10.3. The molecule has 0 fully saturated rings. The van der Waals surface area contributed by atoms with Gasteiger partial charge in [0.1, 0.15) is 4.88 Å². The molecule has 0 saturated carbocycles. The molecule has 0 aliphatic heterocycles. The Kier molecular flexibility index (Phi) is 5.27. The molecule has 0 aliphatic rings. The Morgan fingerprint density at radius 1 is 1.28 bits per heavy atom. The standard InChI is InChI=1S/C12H18N2O3S/c1-4-6-14(7-5-2)12-13-9(11(16)17)10(18-12)8(3)15/h4-7H2,1-3H3,(H,16,17). The van der Waals surface area contributed by atoms with Gasteiger partial charge in [0.2, 0.25) is 0 Å². The van der Waals surface area contributed by atoms with Crippen LogP contribution in [0.5, 0.6) is 0 Å². The number of aromatic nitrogens is 1. The first-order valence-electron chi connectivity index (χ1n) is 6.01. The van der Waals surface area contributed by atoms with E-state index in [1.54, 1.807) is 0 Å². The Labute approximate surface area is 110 Å². The second-order valence-electron chi connectivity index (χ2n) is 4.02. The lowest BCUT2D eigenvalue weighted by molar-refractivity contribution is 0.0687. The molecule has 0 aromatic carbocycles. The van der Waals surface area contributed by atoms with Gasteiger partial charge in [0.05, 0.1) is 0 Å². The summed E-state index contributed by atoms with van der Waals surface area (Å²) in [6, 6.07) is 0. The van der Waals surface area contributed by atoms with Gasteiger partial charge < -0.3 is 10.0 Å². The maximum atomic E-state index is 11.4. The normalized spacial score (nSPS) is 10.4. The summed E-state index contributed by atoms with van der Waals surface area (Å²) >= 11 is 1.17. The molecule has 0 aliphatic carbocycles. The van der Waals surface area contributed by atoms with Gasteiger partial charge in [-0.05, 0) is 12.8 Å². The van der Waals surface area contributed by atoms with E-state index in [2.05, 4.69) is 18.8 Å². The Morgan fingerprint density at radius 2 is 1.83 bits per heavy atom. The lowest BCUT2D eigenvalue weighted by Crippen LogP contribution is -2.24. The molecule has 5 nitrogen and oxygen atoms in total. The van der Waals surface area contributed by atoms with Crippen molar-refractivity contribution in [1.29, 1.82) is 0 Å². The van der Waals surface area contributed by atoms with Gasteiger partial charge in [-0.15, -0.1) is 0 Å². The van der Waals surface area contributed by atoms with E-state index in [4.69, 9.17) is 5.11 Å². The van der Waals surface area contributed by atoms with E-state index in [9.17, 15) is 9.59 Å². The van der Waals surface area contributed by atoms with Crippen molar-refractivity contribution in [2.75, 3.05) is 18.0 Å². The molecule has 100 valence electrons. The minimum atomic E-state index is -1.14. The lowest BCUT2D eigenvalue weighted by Gasteiger charge is -2.19. The Hall–Kier alpha value is -1.43. The van der Waals surface area contributed by atoms with Crippen LogP contribution < -0.4 is 4.90 Å². The highest BCUT2D eigenvalue weighted by molar-refractivity contribution is 7.17. The number of rotatable bonds is 7. The zero-order chi connectivity index (χ0) is 13.7. The highest BCUT2D eigenvalue weighted by Crippen LogP contribution is 2.27. The topological polar surface area (TPSA) is 70.5 Å². The third-order valence-electron chi connectivity index (χ3n) is 2.40. The van der Waals surface area contributed by atoms with Crippen LogP contribution in [0.1, 0.15) is 53.8 Å². The molecule has 6 heteroatoms. The van der Waals surface area contributed by atoms with Crippen molar-refractivity contribution in [2.45, 2.75) is 33.6 Å². The predicted molar refractivity (Wildman–Crippen MR) is 71.9 cm³/mol. The number of aromatic carboxylic acids is 1. The fourth-order valence-electron chi connectivity index (χ4n) is 1.67. The molecule has 1 aromatic heterocycles. The monoisotopic (exact) mass is 270 g/mol. The zero-order valence-corrected chi connectivity index (χ0v) is 11.7. The molecule has 0 unspecified atom stereocenters. The summed E-state index contributed by atoms with van der Waals surface area (Å²) in [4.78, 5) is 28.8. The van der Waals surface area contributed by atoms with Crippen LogP contribution in [0.3, 0.4) is 0 Å². The van der Waals surface area contributed by atoms with Crippen LogP contribution in [0.25, 0.3) is 0 Å². The van der Waals surface area contributed by atoms with E-state index < -0.39 is 5.97 Å². The highest BCUT2D eigenvalue weighted by atomic mass is 32.1. The summed E-state index contributed by atoms with van der Waals surface area (Å²) < 4.78 is 0. The molecule has 1 N–H and O–H groups in total. The molecular formula is C12H18N2O3S. The highest BCUT2D eigenvalue weighted by Gasteiger charge is 2.22. The average Bonchev–Trinajstić information content (AvgIpc) is 2.73. The smallest absolute Gasteiger partial charge is 0.356 e. The average molecular weight is 270 g/mol. The van der Waals surface area contributed by atoms with Crippen molar-refractivity contribution < 1.29 is 14.7 Å². The molecule has 0 saturated heterocycles. The molecule has 1 aromatic rings. The van der Waals surface area contributed by atoms with Gasteiger partial charge in [0.15, 0.2) is 16.6 Å². The molecule has 18 heavy (non-hydrogen) atoms. The number of carboxylic acid groups (broad SMARTS) is 1. The van der Waals surface area contributed by atoms with E-state index in [0.29, 0.717) is 5.13 Å². The van der Waals surface area contributed by atoms with Gasteiger partial charge in [-0.2, -0.15) is 0 Å². The summed E-state index contributed by atoms with van der Waals surface area (Å²) in [5.74, 6) is -1.39. The predicted octanol–water partition coefficient (Wildman–Crippen LogP) is 2.67. The van der Waals surface area contributed by atoms with Crippen LogP contribution in [0.4, 0.5) is 5.13 Å². The van der Waals surface area contributed by atoms with Crippen LogP contribution in [0.2, 0.25) is 0 Å². The summed E-state index contributed by atoms with van der Waals surface area (Å²) in [7, 11) is 0. The SMILES string of the molecule is CCCN(CCC)c1nc(C(=O)O)c(C(C)=O)s1. The number of Topliss-reactive ketones (excluding diaryl/α,β-unsaturated/α-hetero) is 1. The molecular weight excluding hydrogens is 252 g/mol. The van der Waals surface area contributed by atoms with E-state index >= 15 is 0 Å². The number of hydrogen-bond acceptors (Lipinski definition) is 5. The van der Waals surface area contributed by atoms with E-state index in [1.165, 1.54) is 18.3 Å².